The van der Waals surface area contributed by atoms with E-state index in [4.69, 9.17) is 5.11 Å². The highest BCUT2D eigenvalue weighted by molar-refractivity contribution is 5.79. The molecule has 0 saturated carbocycles. The van der Waals surface area contributed by atoms with Gasteiger partial charge in [0.1, 0.15) is 0 Å². The summed E-state index contributed by atoms with van der Waals surface area (Å²) in [5, 5.41) is 18.3. The zero-order chi connectivity index (χ0) is 13.9. The molecule has 1 aliphatic heterocycles. The minimum atomic E-state index is -0.835. The Kier molecular flexibility index (Phi) is 4.56. The van der Waals surface area contributed by atoms with E-state index >= 15 is 0 Å². The average molecular weight is 258 g/mol. The third kappa shape index (κ3) is 2.58. The number of likely N-dealkylation sites (tertiary alicyclic amines) is 1. The van der Waals surface area contributed by atoms with Crippen molar-refractivity contribution in [2.24, 2.45) is 5.41 Å². The van der Waals surface area contributed by atoms with Crippen molar-refractivity contribution in [3.63, 3.8) is 0 Å². The summed E-state index contributed by atoms with van der Waals surface area (Å²) < 4.78 is 0. The molecule has 1 saturated heterocycles. The van der Waals surface area contributed by atoms with Gasteiger partial charge in [-0.1, -0.05) is 6.92 Å². The molecule has 0 aliphatic carbocycles. The zero-order valence-electron chi connectivity index (χ0n) is 11.2. The third-order valence-electron chi connectivity index (χ3n) is 3.98. The van der Waals surface area contributed by atoms with Crippen molar-refractivity contribution in [1.29, 1.82) is 0 Å². The van der Waals surface area contributed by atoms with Crippen LogP contribution in [-0.4, -0.2) is 64.8 Å². The summed E-state index contributed by atoms with van der Waals surface area (Å²) in [5.74, 6) is -0.835. The molecule has 1 rings (SSSR count). The Bertz CT molecular complexity index is 334. The van der Waals surface area contributed by atoms with Crippen molar-refractivity contribution >= 4 is 12.0 Å². The lowest BCUT2D eigenvalue weighted by Gasteiger charge is -2.29. The summed E-state index contributed by atoms with van der Waals surface area (Å²) in [6.45, 7) is 4.19. The molecule has 2 amide bonds. The van der Waals surface area contributed by atoms with Gasteiger partial charge in [-0.2, -0.15) is 0 Å². The van der Waals surface area contributed by atoms with Crippen molar-refractivity contribution in [2.75, 3.05) is 26.7 Å². The van der Waals surface area contributed by atoms with Gasteiger partial charge in [0, 0.05) is 20.1 Å². The van der Waals surface area contributed by atoms with Crippen molar-refractivity contribution < 1.29 is 19.8 Å². The first-order valence-electron chi connectivity index (χ1n) is 6.24. The molecule has 0 aromatic carbocycles. The highest BCUT2D eigenvalue weighted by Crippen LogP contribution is 2.34. The molecule has 2 atom stereocenters. The molecule has 1 heterocycles. The summed E-state index contributed by atoms with van der Waals surface area (Å²) in [4.78, 5) is 26.4. The predicted octanol–water partition coefficient (Wildman–Crippen LogP) is 0.606. The van der Waals surface area contributed by atoms with Gasteiger partial charge >= 0.3 is 12.0 Å². The fourth-order valence-electron chi connectivity index (χ4n) is 2.18. The number of amides is 2. The standard InChI is InChI=1S/C12H22N2O4/c1-4-12(10(16)17)5-6-14(8-12)11(18)13(3)9(2)7-15/h9,15H,4-8H2,1-3H3,(H,16,17). The van der Waals surface area contributed by atoms with E-state index in [1.807, 2.05) is 6.92 Å². The molecule has 0 bridgehead atoms. The Hall–Kier alpha value is -1.30. The van der Waals surface area contributed by atoms with Gasteiger partial charge in [0.25, 0.3) is 0 Å². The Morgan fingerprint density at radius 3 is 2.50 bits per heavy atom. The SMILES string of the molecule is CCC1(C(=O)O)CCN(C(=O)N(C)C(C)CO)C1. The van der Waals surface area contributed by atoms with E-state index in [1.165, 1.54) is 4.90 Å². The van der Waals surface area contributed by atoms with Crippen molar-refractivity contribution in [3.8, 4) is 0 Å². The van der Waals surface area contributed by atoms with Crippen LogP contribution in [-0.2, 0) is 4.79 Å². The normalized spacial score (nSPS) is 25.0. The smallest absolute Gasteiger partial charge is 0.320 e. The number of carbonyl (C=O) groups is 2. The fraction of sp³-hybridized carbons (Fsp3) is 0.833. The number of hydrogen-bond acceptors (Lipinski definition) is 3. The molecule has 2 N–H and O–H groups in total. The zero-order valence-corrected chi connectivity index (χ0v) is 11.2. The van der Waals surface area contributed by atoms with E-state index in [1.54, 1.807) is 18.9 Å². The van der Waals surface area contributed by atoms with Crippen LogP contribution in [0.2, 0.25) is 0 Å². The fourth-order valence-corrected chi connectivity index (χ4v) is 2.18. The number of carbonyl (C=O) groups excluding carboxylic acids is 1. The van der Waals surface area contributed by atoms with Crippen molar-refractivity contribution in [1.82, 2.24) is 9.80 Å². The average Bonchev–Trinajstić information content (AvgIpc) is 2.81. The summed E-state index contributed by atoms with van der Waals surface area (Å²) in [5.41, 5.74) is -0.807. The second kappa shape index (κ2) is 5.56. The van der Waals surface area contributed by atoms with Gasteiger partial charge in [-0.25, -0.2) is 4.79 Å². The van der Waals surface area contributed by atoms with Gasteiger partial charge in [-0.3, -0.25) is 4.79 Å². The number of rotatable bonds is 4. The highest BCUT2D eigenvalue weighted by atomic mass is 16.4. The quantitative estimate of drug-likeness (QED) is 0.774. The van der Waals surface area contributed by atoms with Crippen molar-refractivity contribution in [2.45, 2.75) is 32.7 Å². The maximum atomic E-state index is 12.1. The lowest BCUT2D eigenvalue weighted by molar-refractivity contribution is -0.148. The predicted molar refractivity (Wildman–Crippen MR) is 66.3 cm³/mol. The second-order valence-electron chi connectivity index (χ2n) is 5.04. The summed E-state index contributed by atoms with van der Waals surface area (Å²) >= 11 is 0. The lowest BCUT2D eigenvalue weighted by atomic mass is 9.84. The Balaban J connectivity index is 2.72. The van der Waals surface area contributed by atoms with Crippen LogP contribution in [0, 0.1) is 5.41 Å². The van der Waals surface area contributed by atoms with Crippen LogP contribution >= 0.6 is 0 Å². The number of carboxylic acid groups (broad SMARTS) is 1. The molecule has 0 spiro atoms. The Labute approximate surface area is 107 Å². The van der Waals surface area contributed by atoms with Crippen LogP contribution in [0.4, 0.5) is 4.79 Å². The molecule has 104 valence electrons. The molecule has 6 nitrogen and oxygen atoms in total. The van der Waals surface area contributed by atoms with Gasteiger partial charge in [-0.15, -0.1) is 0 Å². The van der Waals surface area contributed by atoms with E-state index in [0.29, 0.717) is 19.4 Å². The number of aliphatic hydroxyl groups is 1. The van der Waals surface area contributed by atoms with Crippen LogP contribution < -0.4 is 0 Å². The van der Waals surface area contributed by atoms with Crippen LogP contribution in [0.25, 0.3) is 0 Å². The molecule has 6 heteroatoms. The summed E-state index contributed by atoms with van der Waals surface area (Å²) in [6.07, 6.45) is 1.01. The number of likely N-dealkylation sites (N-methyl/N-ethyl adjacent to an activating group) is 1. The molecule has 2 unspecified atom stereocenters. The first-order chi connectivity index (χ1) is 8.38. The monoisotopic (exact) mass is 258 g/mol. The number of hydrogen-bond donors (Lipinski definition) is 2. The molecular formula is C12H22N2O4. The molecule has 1 aliphatic rings. The Morgan fingerprint density at radius 2 is 2.11 bits per heavy atom. The maximum absolute atomic E-state index is 12.1. The number of nitrogens with zero attached hydrogens (tertiary/aromatic N) is 2. The van der Waals surface area contributed by atoms with Gasteiger partial charge in [-0.05, 0) is 19.8 Å². The second-order valence-corrected chi connectivity index (χ2v) is 5.04. The van der Waals surface area contributed by atoms with E-state index < -0.39 is 11.4 Å². The Morgan fingerprint density at radius 1 is 1.50 bits per heavy atom. The first kappa shape index (κ1) is 14.8. The van der Waals surface area contributed by atoms with Gasteiger partial charge in [0.15, 0.2) is 0 Å². The summed E-state index contributed by atoms with van der Waals surface area (Å²) in [7, 11) is 1.62. The molecule has 1 fully saturated rings. The van der Waals surface area contributed by atoms with Crippen LogP contribution in [0.3, 0.4) is 0 Å². The van der Waals surface area contributed by atoms with Gasteiger partial charge in [0.05, 0.1) is 18.1 Å². The number of carboxylic acids is 1. The van der Waals surface area contributed by atoms with Crippen molar-refractivity contribution in [3.05, 3.63) is 0 Å². The lowest BCUT2D eigenvalue weighted by Crippen LogP contribution is -2.46. The van der Waals surface area contributed by atoms with Gasteiger partial charge < -0.3 is 20.0 Å². The highest BCUT2D eigenvalue weighted by Gasteiger charge is 2.45. The molecule has 0 radical (unpaired) electrons. The summed E-state index contributed by atoms with van der Waals surface area (Å²) in [6, 6.07) is -0.480. The van der Waals surface area contributed by atoms with E-state index in [0.717, 1.165) is 0 Å². The molecular weight excluding hydrogens is 236 g/mol. The largest absolute Gasteiger partial charge is 0.481 e. The first-order valence-corrected chi connectivity index (χ1v) is 6.24. The topological polar surface area (TPSA) is 81.1 Å². The third-order valence-corrected chi connectivity index (χ3v) is 3.98. The number of urea groups is 1. The van der Waals surface area contributed by atoms with E-state index in [-0.39, 0.29) is 25.2 Å². The van der Waals surface area contributed by atoms with Crippen LogP contribution in [0.1, 0.15) is 26.7 Å². The molecule has 18 heavy (non-hydrogen) atoms. The minimum absolute atomic E-state index is 0.103. The number of aliphatic hydroxyl groups excluding tert-OH is 1. The van der Waals surface area contributed by atoms with E-state index in [9.17, 15) is 14.7 Å². The van der Waals surface area contributed by atoms with Crippen LogP contribution in [0.5, 0.6) is 0 Å². The van der Waals surface area contributed by atoms with Gasteiger partial charge in [0.2, 0.25) is 0 Å². The number of aliphatic carboxylic acids is 1. The molecule has 0 aromatic heterocycles. The van der Waals surface area contributed by atoms with Crippen LogP contribution in [0.15, 0.2) is 0 Å². The van der Waals surface area contributed by atoms with E-state index in [2.05, 4.69) is 0 Å². The minimum Gasteiger partial charge on any atom is -0.481 e. The molecule has 0 aromatic rings. The maximum Gasteiger partial charge on any atom is 0.320 e.